The summed E-state index contributed by atoms with van der Waals surface area (Å²) in [5.74, 6) is -4.41. The molecule has 2 rings (SSSR count). The summed E-state index contributed by atoms with van der Waals surface area (Å²) in [6.45, 7) is 4.27. The van der Waals surface area contributed by atoms with E-state index in [4.69, 9.17) is 9.47 Å². The first-order valence-corrected chi connectivity index (χ1v) is 7.41. The van der Waals surface area contributed by atoms with Crippen molar-refractivity contribution in [3.8, 4) is 0 Å². The first-order chi connectivity index (χ1) is 11.8. The molecule has 132 valence electrons. The Morgan fingerprint density at radius 1 is 0.880 bits per heavy atom. The second-order valence-corrected chi connectivity index (χ2v) is 4.87. The van der Waals surface area contributed by atoms with Gasteiger partial charge in [-0.1, -0.05) is 5.06 Å². The minimum Gasteiger partial charge on any atom is -0.462 e. The molecule has 0 aliphatic carbocycles. The SMILES string of the molecule is CCOC(=O)c1cc2c(cc1C(=O)OCC)C(=O)N(OC(C)=O)C2=O. The minimum atomic E-state index is -0.920. The highest BCUT2D eigenvalue weighted by Gasteiger charge is 2.40. The third kappa shape index (κ3) is 3.35. The number of carbonyl (C=O) groups is 5. The molecule has 0 saturated heterocycles. The minimum absolute atomic E-state index is 0.0463. The number of hydrogen-bond donors (Lipinski definition) is 0. The van der Waals surface area contributed by atoms with E-state index in [0.29, 0.717) is 0 Å². The van der Waals surface area contributed by atoms with Crippen LogP contribution in [0.5, 0.6) is 0 Å². The Hall–Kier alpha value is -3.23. The Morgan fingerprint density at radius 2 is 1.28 bits per heavy atom. The van der Waals surface area contributed by atoms with Crippen molar-refractivity contribution < 1.29 is 38.3 Å². The second kappa shape index (κ2) is 7.12. The number of imide groups is 1. The van der Waals surface area contributed by atoms with Crippen LogP contribution in [0.3, 0.4) is 0 Å². The van der Waals surface area contributed by atoms with Crippen molar-refractivity contribution in [3.05, 3.63) is 34.4 Å². The molecule has 1 heterocycles. The summed E-state index contributed by atoms with van der Waals surface area (Å²) in [6.07, 6.45) is 0. The van der Waals surface area contributed by atoms with Crippen LogP contribution in [-0.4, -0.2) is 48.0 Å². The van der Waals surface area contributed by atoms with E-state index in [9.17, 15) is 24.0 Å². The fraction of sp³-hybridized carbons (Fsp3) is 0.312. The molecule has 9 nitrogen and oxygen atoms in total. The number of esters is 2. The molecule has 9 heteroatoms. The number of benzene rings is 1. The third-order valence-electron chi connectivity index (χ3n) is 3.20. The van der Waals surface area contributed by atoms with Gasteiger partial charge < -0.3 is 14.3 Å². The Balaban J connectivity index is 2.58. The number of carbonyl (C=O) groups excluding carboxylic acids is 5. The Kier molecular flexibility index (Phi) is 5.16. The monoisotopic (exact) mass is 349 g/mol. The van der Waals surface area contributed by atoms with Gasteiger partial charge in [-0.3, -0.25) is 9.59 Å². The molecule has 0 aromatic heterocycles. The molecule has 0 fully saturated rings. The van der Waals surface area contributed by atoms with Gasteiger partial charge in [0.05, 0.1) is 35.5 Å². The van der Waals surface area contributed by atoms with Crippen molar-refractivity contribution in [2.75, 3.05) is 13.2 Å². The molecule has 0 unspecified atom stereocenters. The van der Waals surface area contributed by atoms with Gasteiger partial charge in [0, 0.05) is 6.92 Å². The van der Waals surface area contributed by atoms with E-state index in [2.05, 4.69) is 4.84 Å². The van der Waals surface area contributed by atoms with Crippen LogP contribution in [0, 0.1) is 0 Å². The zero-order chi connectivity index (χ0) is 18.7. The summed E-state index contributed by atoms with van der Waals surface area (Å²) in [5.41, 5.74) is -0.792. The number of fused-ring (bicyclic) bond motifs is 1. The van der Waals surface area contributed by atoms with Gasteiger partial charge in [0.25, 0.3) is 11.8 Å². The number of rotatable bonds is 5. The van der Waals surface area contributed by atoms with Gasteiger partial charge in [0.1, 0.15) is 0 Å². The highest BCUT2D eigenvalue weighted by Crippen LogP contribution is 2.28. The molecule has 1 aromatic carbocycles. The van der Waals surface area contributed by atoms with Crippen LogP contribution in [0.1, 0.15) is 62.2 Å². The lowest BCUT2D eigenvalue weighted by atomic mass is 9.99. The summed E-state index contributed by atoms with van der Waals surface area (Å²) in [7, 11) is 0. The Bertz CT molecular complexity index is 726. The lowest BCUT2D eigenvalue weighted by Gasteiger charge is -2.10. The van der Waals surface area contributed by atoms with Gasteiger partial charge in [0.2, 0.25) is 0 Å². The van der Waals surface area contributed by atoms with Crippen LogP contribution >= 0.6 is 0 Å². The maximum absolute atomic E-state index is 12.2. The largest absolute Gasteiger partial charge is 0.462 e. The quantitative estimate of drug-likeness (QED) is 0.573. The van der Waals surface area contributed by atoms with E-state index in [0.717, 1.165) is 19.1 Å². The first kappa shape index (κ1) is 18.1. The maximum Gasteiger partial charge on any atom is 0.339 e. The van der Waals surface area contributed by atoms with Crippen LogP contribution in [0.4, 0.5) is 0 Å². The molecular weight excluding hydrogens is 334 g/mol. The van der Waals surface area contributed by atoms with Crippen LogP contribution in [-0.2, 0) is 19.1 Å². The zero-order valence-corrected chi connectivity index (χ0v) is 13.8. The van der Waals surface area contributed by atoms with Crippen LogP contribution in [0.15, 0.2) is 12.1 Å². The topological polar surface area (TPSA) is 116 Å². The normalized spacial score (nSPS) is 12.7. The molecule has 0 saturated carbocycles. The molecule has 2 amide bonds. The second-order valence-electron chi connectivity index (χ2n) is 4.87. The zero-order valence-electron chi connectivity index (χ0n) is 13.8. The number of ether oxygens (including phenoxy) is 2. The summed E-state index contributed by atoms with van der Waals surface area (Å²) in [6, 6.07) is 2.12. The molecule has 0 N–H and O–H groups in total. The third-order valence-corrected chi connectivity index (χ3v) is 3.20. The van der Waals surface area contributed by atoms with E-state index in [1.165, 1.54) is 0 Å². The van der Waals surface area contributed by atoms with E-state index in [1.807, 2.05) is 0 Å². The van der Waals surface area contributed by atoms with Crippen molar-refractivity contribution in [1.29, 1.82) is 0 Å². The van der Waals surface area contributed by atoms with Crippen molar-refractivity contribution >= 4 is 29.7 Å². The molecule has 0 bridgehead atoms. The number of amides is 2. The predicted octanol–water partition coefficient (Wildman–Crippen LogP) is 1.11. The van der Waals surface area contributed by atoms with E-state index < -0.39 is 29.7 Å². The van der Waals surface area contributed by atoms with Crippen molar-refractivity contribution in [1.82, 2.24) is 5.06 Å². The van der Waals surface area contributed by atoms with Crippen LogP contribution in [0.2, 0.25) is 0 Å². The van der Waals surface area contributed by atoms with Crippen molar-refractivity contribution in [2.24, 2.45) is 0 Å². The summed E-state index contributed by atoms with van der Waals surface area (Å²) in [4.78, 5) is 64.3. The van der Waals surface area contributed by atoms with Gasteiger partial charge >= 0.3 is 17.9 Å². The van der Waals surface area contributed by atoms with Crippen LogP contribution in [0.25, 0.3) is 0 Å². The summed E-state index contributed by atoms with van der Waals surface area (Å²) in [5, 5.41) is 0.275. The first-order valence-electron chi connectivity index (χ1n) is 7.41. The lowest BCUT2D eigenvalue weighted by Crippen LogP contribution is -2.31. The molecule has 0 radical (unpaired) electrons. The van der Waals surface area contributed by atoms with Gasteiger partial charge in [-0.05, 0) is 26.0 Å². The molecular formula is C16H15NO8. The van der Waals surface area contributed by atoms with Gasteiger partial charge in [-0.2, -0.15) is 0 Å². The predicted molar refractivity (Wildman–Crippen MR) is 80.6 cm³/mol. The fourth-order valence-corrected chi connectivity index (χ4v) is 2.23. The van der Waals surface area contributed by atoms with E-state index >= 15 is 0 Å². The molecule has 1 aliphatic rings. The standard InChI is InChI=1S/C16H15NO8/c1-4-23-15(21)11-6-9-10(7-12(11)16(22)24-5-2)14(20)17(13(9)19)25-8(3)18/h6-7H,4-5H2,1-3H3. The fourth-order valence-electron chi connectivity index (χ4n) is 2.23. The molecule has 0 atom stereocenters. The molecule has 0 spiro atoms. The molecule has 25 heavy (non-hydrogen) atoms. The number of hydrogen-bond acceptors (Lipinski definition) is 8. The summed E-state index contributed by atoms with van der Waals surface area (Å²) < 4.78 is 9.74. The highest BCUT2D eigenvalue weighted by molar-refractivity contribution is 6.22. The smallest absolute Gasteiger partial charge is 0.339 e. The average Bonchev–Trinajstić information content (AvgIpc) is 2.78. The van der Waals surface area contributed by atoms with E-state index in [1.54, 1.807) is 13.8 Å². The van der Waals surface area contributed by atoms with Crippen molar-refractivity contribution in [3.63, 3.8) is 0 Å². The van der Waals surface area contributed by atoms with Gasteiger partial charge in [-0.15, -0.1) is 0 Å². The summed E-state index contributed by atoms with van der Waals surface area (Å²) >= 11 is 0. The Morgan fingerprint density at radius 3 is 1.60 bits per heavy atom. The van der Waals surface area contributed by atoms with Crippen molar-refractivity contribution in [2.45, 2.75) is 20.8 Å². The number of hydroxylamine groups is 2. The lowest BCUT2D eigenvalue weighted by molar-refractivity contribution is -0.165. The molecule has 1 aromatic rings. The van der Waals surface area contributed by atoms with E-state index in [-0.39, 0.29) is 40.5 Å². The van der Waals surface area contributed by atoms with Gasteiger partial charge in [0.15, 0.2) is 0 Å². The maximum atomic E-state index is 12.2. The Labute approximate surface area is 142 Å². The molecule has 1 aliphatic heterocycles. The van der Waals surface area contributed by atoms with Crippen LogP contribution < -0.4 is 0 Å². The number of nitrogens with zero attached hydrogens (tertiary/aromatic N) is 1. The highest BCUT2D eigenvalue weighted by atomic mass is 16.7. The average molecular weight is 349 g/mol. The van der Waals surface area contributed by atoms with Gasteiger partial charge in [-0.25, -0.2) is 14.4 Å².